The number of nitrogens with one attached hydrogen (secondary N) is 1. The van der Waals surface area contributed by atoms with E-state index in [1.807, 2.05) is 6.92 Å². The van der Waals surface area contributed by atoms with E-state index in [1.54, 1.807) is 0 Å². The lowest BCUT2D eigenvalue weighted by Crippen LogP contribution is -2.08. The Hall–Kier alpha value is -1.15. The van der Waals surface area contributed by atoms with Crippen molar-refractivity contribution in [1.29, 1.82) is 0 Å². The Labute approximate surface area is 120 Å². The second-order valence-electron chi connectivity index (χ2n) is 3.80. The summed E-state index contributed by atoms with van der Waals surface area (Å²) in [6.45, 7) is 1.85. The highest BCUT2D eigenvalue weighted by Crippen LogP contribution is 2.33. The number of halogens is 4. The highest BCUT2D eigenvalue weighted by atomic mass is 79.9. The van der Waals surface area contributed by atoms with Crippen LogP contribution in [-0.2, 0) is 12.6 Å². The number of aromatic nitrogens is 3. The molecule has 0 spiro atoms. The van der Waals surface area contributed by atoms with Crippen molar-refractivity contribution in [3.63, 3.8) is 0 Å². The van der Waals surface area contributed by atoms with Gasteiger partial charge >= 0.3 is 6.18 Å². The zero-order chi connectivity index (χ0) is 14.2. The van der Waals surface area contributed by atoms with Crippen LogP contribution in [-0.4, -0.2) is 14.8 Å². The Balaban J connectivity index is 2.68. The lowest BCUT2D eigenvalue weighted by Gasteiger charge is -2.12. The van der Waals surface area contributed by atoms with Gasteiger partial charge in [-0.3, -0.25) is 9.67 Å². The first-order valence-electron chi connectivity index (χ1n) is 5.38. The number of hydrogen-bond acceptors (Lipinski definition) is 2. The van der Waals surface area contributed by atoms with Gasteiger partial charge in [-0.1, -0.05) is 6.92 Å². The maximum Gasteiger partial charge on any atom is 0.416 e. The average Bonchev–Trinajstić information content (AvgIpc) is 2.69. The van der Waals surface area contributed by atoms with Crippen molar-refractivity contribution < 1.29 is 13.2 Å². The fourth-order valence-electron chi connectivity index (χ4n) is 1.68. The van der Waals surface area contributed by atoms with Crippen molar-refractivity contribution in [1.82, 2.24) is 14.8 Å². The average molecular weight is 352 g/mol. The molecule has 0 saturated heterocycles. The van der Waals surface area contributed by atoms with Gasteiger partial charge in [-0.15, -0.1) is 0 Å². The van der Waals surface area contributed by atoms with Crippen LogP contribution in [0, 0.1) is 4.77 Å². The molecule has 0 atom stereocenters. The molecule has 0 aliphatic rings. The molecule has 8 heteroatoms. The summed E-state index contributed by atoms with van der Waals surface area (Å²) in [5.41, 5.74) is -0.402. The van der Waals surface area contributed by atoms with Crippen molar-refractivity contribution in [3.05, 3.63) is 38.8 Å². The molecule has 1 aromatic carbocycles. The van der Waals surface area contributed by atoms with Crippen LogP contribution in [0.2, 0.25) is 0 Å². The maximum absolute atomic E-state index is 12.8. The van der Waals surface area contributed by atoms with Crippen LogP contribution in [0.4, 0.5) is 13.2 Å². The fraction of sp³-hybridized carbons (Fsp3) is 0.273. The predicted molar refractivity (Wildman–Crippen MR) is 70.8 cm³/mol. The minimum atomic E-state index is -4.40. The molecule has 2 rings (SSSR count). The van der Waals surface area contributed by atoms with Crippen LogP contribution in [0.1, 0.15) is 18.3 Å². The van der Waals surface area contributed by atoms with Crippen molar-refractivity contribution in [3.8, 4) is 5.69 Å². The molecule has 0 aliphatic carbocycles. The van der Waals surface area contributed by atoms with Gasteiger partial charge in [0.2, 0.25) is 0 Å². The number of alkyl halides is 3. The molecule has 1 heterocycles. The normalized spacial score (nSPS) is 11.8. The molecule has 0 radical (unpaired) electrons. The third-order valence-electron chi connectivity index (χ3n) is 2.57. The summed E-state index contributed by atoms with van der Waals surface area (Å²) < 4.78 is 40.5. The molecule has 0 fully saturated rings. The second kappa shape index (κ2) is 5.09. The first-order chi connectivity index (χ1) is 8.84. The van der Waals surface area contributed by atoms with Gasteiger partial charge in [0.15, 0.2) is 4.77 Å². The van der Waals surface area contributed by atoms with Crippen molar-refractivity contribution >= 4 is 28.1 Å². The summed E-state index contributed by atoms with van der Waals surface area (Å²) in [4.78, 5) is 0. The van der Waals surface area contributed by atoms with E-state index in [2.05, 4.69) is 26.1 Å². The van der Waals surface area contributed by atoms with Gasteiger partial charge in [-0.05, 0) is 46.3 Å². The van der Waals surface area contributed by atoms with Gasteiger partial charge in [-0.25, -0.2) is 0 Å². The lowest BCUT2D eigenvalue weighted by atomic mass is 10.2. The SMILES string of the molecule is CCc1n[nH]c(=S)n1-c1cc(C(F)(F)F)ccc1Br. The predicted octanol–water partition coefficient (Wildman–Crippen LogP) is 4.27. The minimum Gasteiger partial charge on any atom is -0.271 e. The highest BCUT2D eigenvalue weighted by molar-refractivity contribution is 9.10. The summed E-state index contributed by atoms with van der Waals surface area (Å²) in [6, 6.07) is 3.42. The van der Waals surface area contributed by atoms with E-state index in [4.69, 9.17) is 12.2 Å². The largest absolute Gasteiger partial charge is 0.416 e. The molecule has 0 amide bonds. The van der Waals surface area contributed by atoms with Crippen LogP contribution >= 0.6 is 28.1 Å². The zero-order valence-electron chi connectivity index (χ0n) is 9.75. The van der Waals surface area contributed by atoms with Crippen molar-refractivity contribution in [2.45, 2.75) is 19.5 Å². The topological polar surface area (TPSA) is 33.6 Å². The van der Waals surface area contributed by atoms with Crippen LogP contribution in [0.5, 0.6) is 0 Å². The molecule has 19 heavy (non-hydrogen) atoms. The quantitative estimate of drug-likeness (QED) is 0.819. The zero-order valence-corrected chi connectivity index (χ0v) is 12.2. The molecule has 102 valence electrons. The number of H-pyrrole nitrogens is 1. The van der Waals surface area contributed by atoms with E-state index in [9.17, 15) is 13.2 Å². The standard InChI is InChI=1S/C11H9BrF3N3S/c1-2-9-16-17-10(19)18(9)8-5-6(11(13,14)15)3-4-7(8)12/h3-5H,2H2,1H3,(H,17,19). The molecule has 1 N–H and O–H groups in total. The molecule has 0 unspecified atom stereocenters. The van der Waals surface area contributed by atoms with E-state index in [0.29, 0.717) is 22.4 Å². The Kier molecular flexibility index (Phi) is 3.82. The number of hydrogen-bond donors (Lipinski definition) is 1. The Morgan fingerprint density at radius 3 is 2.68 bits per heavy atom. The Morgan fingerprint density at radius 2 is 2.11 bits per heavy atom. The smallest absolute Gasteiger partial charge is 0.271 e. The number of benzene rings is 1. The summed E-state index contributed by atoms with van der Waals surface area (Å²) in [7, 11) is 0. The lowest BCUT2D eigenvalue weighted by molar-refractivity contribution is -0.137. The summed E-state index contributed by atoms with van der Waals surface area (Å²) in [5.74, 6) is 0.574. The summed E-state index contributed by atoms with van der Waals surface area (Å²) in [6.07, 6.45) is -3.84. The first kappa shape index (κ1) is 14.3. The van der Waals surface area contributed by atoms with Gasteiger partial charge in [-0.2, -0.15) is 18.3 Å². The molecule has 2 aromatic rings. The number of rotatable bonds is 2. The minimum absolute atomic E-state index is 0.261. The number of aromatic amines is 1. The monoisotopic (exact) mass is 351 g/mol. The molecule has 3 nitrogen and oxygen atoms in total. The maximum atomic E-state index is 12.8. The molecule has 0 bridgehead atoms. The van der Waals surface area contributed by atoms with E-state index in [0.717, 1.165) is 12.1 Å². The van der Waals surface area contributed by atoms with Gasteiger partial charge in [0, 0.05) is 10.9 Å². The number of aryl methyl sites for hydroxylation is 1. The number of nitrogens with zero attached hydrogens (tertiary/aromatic N) is 2. The molecular weight excluding hydrogens is 343 g/mol. The van der Waals surface area contributed by atoms with Crippen LogP contribution in [0.15, 0.2) is 22.7 Å². The van der Waals surface area contributed by atoms with Gasteiger partial charge < -0.3 is 0 Å². The first-order valence-corrected chi connectivity index (χ1v) is 6.58. The molecule has 1 aromatic heterocycles. The molecule has 0 aliphatic heterocycles. The third kappa shape index (κ3) is 2.74. The third-order valence-corrected chi connectivity index (χ3v) is 3.52. The van der Waals surface area contributed by atoms with Crippen LogP contribution in [0.25, 0.3) is 5.69 Å². The van der Waals surface area contributed by atoms with E-state index >= 15 is 0 Å². The van der Waals surface area contributed by atoms with Gasteiger partial charge in [0.05, 0.1) is 11.3 Å². The fourth-order valence-corrected chi connectivity index (χ4v) is 2.35. The van der Waals surface area contributed by atoms with Crippen LogP contribution in [0.3, 0.4) is 0 Å². The van der Waals surface area contributed by atoms with E-state index < -0.39 is 11.7 Å². The Morgan fingerprint density at radius 1 is 1.42 bits per heavy atom. The van der Waals surface area contributed by atoms with Crippen LogP contribution < -0.4 is 0 Å². The van der Waals surface area contributed by atoms with E-state index in [-0.39, 0.29) is 4.77 Å². The molecule has 0 saturated carbocycles. The Bertz CT molecular complexity index is 660. The summed E-state index contributed by atoms with van der Waals surface area (Å²) >= 11 is 8.30. The second-order valence-corrected chi connectivity index (χ2v) is 5.04. The van der Waals surface area contributed by atoms with E-state index in [1.165, 1.54) is 10.6 Å². The van der Waals surface area contributed by atoms with Crippen molar-refractivity contribution in [2.75, 3.05) is 0 Å². The molecular formula is C11H9BrF3N3S. The highest BCUT2D eigenvalue weighted by Gasteiger charge is 2.31. The van der Waals surface area contributed by atoms with Gasteiger partial charge in [0.25, 0.3) is 0 Å². The van der Waals surface area contributed by atoms with Gasteiger partial charge in [0.1, 0.15) is 5.82 Å². The summed E-state index contributed by atoms with van der Waals surface area (Å²) in [5, 5.41) is 6.57. The van der Waals surface area contributed by atoms with Crippen molar-refractivity contribution in [2.24, 2.45) is 0 Å².